The van der Waals surface area contributed by atoms with Gasteiger partial charge in [0.05, 0.1) is 0 Å². The number of aryl methyl sites for hydroxylation is 1. The van der Waals surface area contributed by atoms with Crippen molar-refractivity contribution >= 4 is 21.8 Å². The molecule has 0 radical (unpaired) electrons. The van der Waals surface area contributed by atoms with E-state index in [-0.39, 0.29) is 5.91 Å². The van der Waals surface area contributed by atoms with Crippen LogP contribution in [0.4, 0.5) is 0 Å². The molecular formula is C13H19BrN2O. The summed E-state index contributed by atoms with van der Waals surface area (Å²) in [7, 11) is 0. The van der Waals surface area contributed by atoms with Crippen LogP contribution >= 0.6 is 15.9 Å². The molecule has 1 aromatic rings. The number of aromatic nitrogens is 1. The van der Waals surface area contributed by atoms with Crippen LogP contribution in [0, 0.1) is 0 Å². The van der Waals surface area contributed by atoms with Gasteiger partial charge in [0.25, 0.3) is 5.91 Å². The van der Waals surface area contributed by atoms with Gasteiger partial charge < -0.3 is 9.47 Å². The van der Waals surface area contributed by atoms with Gasteiger partial charge in [0.15, 0.2) is 0 Å². The lowest BCUT2D eigenvalue weighted by Crippen LogP contribution is -2.34. The third kappa shape index (κ3) is 2.73. The van der Waals surface area contributed by atoms with Crippen LogP contribution in [0.25, 0.3) is 0 Å². The van der Waals surface area contributed by atoms with Gasteiger partial charge in [0.1, 0.15) is 5.69 Å². The first kappa shape index (κ1) is 12.7. The predicted molar refractivity (Wildman–Crippen MR) is 72.2 cm³/mol. The Morgan fingerprint density at radius 2 is 2.24 bits per heavy atom. The minimum Gasteiger partial charge on any atom is -0.342 e. The maximum absolute atomic E-state index is 12.5. The Hall–Kier alpha value is -0.770. The second-order valence-corrected chi connectivity index (χ2v) is 5.47. The highest BCUT2D eigenvalue weighted by atomic mass is 79.9. The molecule has 17 heavy (non-hydrogen) atoms. The van der Waals surface area contributed by atoms with Crippen molar-refractivity contribution in [3.05, 3.63) is 22.4 Å². The minimum atomic E-state index is 0.175. The molecule has 1 saturated carbocycles. The molecule has 1 aliphatic carbocycles. The van der Waals surface area contributed by atoms with E-state index in [1.54, 1.807) is 0 Å². The second-order valence-electron chi connectivity index (χ2n) is 4.56. The number of hydrogen-bond acceptors (Lipinski definition) is 1. The summed E-state index contributed by atoms with van der Waals surface area (Å²) in [5.41, 5.74) is 0.812. The van der Waals surface area contributed by atoms with E-state index >= 15 is 0 Å². The molecule has 1 heterocycles. The highest BCUT2D eigenvalue weighted by Gasteiger charge is 2.32. The average Bonchev–Trinajstić information content (AvgIpc) is 3.05. The maximum Gasteiger partial charge on any atom is 0.270 e. The molecule has 94 valence electrons. The zero-order valence-corrected chi connectivity index (χ0v) is 12.0. The fourth-order valence-corrected chi connectivity index (χ4v) is 2.64. The number of hydrogen-bond donors (Lipinski definition) is 0. The predicted octanol–water partition coefficient (Wildman–Crippen LogP) is 3.29. The summed E-state index contributed by atoms with van der Waals surface area (Å²) in [6.45, 7) is 5.88. The number of rotatable bonds is 5. The minimum absolute atomic E-state index is 0.175. The fourth-order valence-electron chi connectivity index (χ4n) is 2.18. The first-order chi connectivity index (χ1) is 8.17. The van der Waals surface area contributed by atoms with Crippen molar-refractivity contribution in [2.45, 2.75) is 45.7 Å². The highest BCUT2D eigenvalue weighted by Crippen LogP contribution is 2.28. The summed E-state index contributed by atoms with van der Waals surface area (Å²) in [6.07, 6.45) is 5.36. The summed E-state index contributed by atoms with van der Waals surface area (Å²) in [5.74, 6) is 0.175. The molecule has 3 nitrogen and oxygen atoms in total. The Bertz CT molecular complexity index is 410. The van der Waals surface area contributed by atoms with Crippen molar-refractivity contribution in [2.24, 2.45) is 0 Å². The third-order valence-corrected chi connectivity index (χ3v) is 3.57. The zero-order valence-electron chi connectivity index (χ0n) is 10.4. The number of halogens is 1. The Morgan fingerprint density at radius 1 is 1.53 bits per heavy atom. The van der Waals surface area contributed by atoms with E-state index in [1.807, 2.05) is 17.2 Å². The smallest absolute Gasteiger partial charge is 0.270 e. The van der Waals surface area contributed by atoms with Gasteiger partial charge in [-0.3, -0.25) is 4.79 Å². The Kier molecular flexibility index (Phi) is 3.92. The molecule has 0 saturated heterocycles. The lowest BCUT2D eigenvalue weighted by molar-refractivity contribution is 0.0741. The van der Waals surface area contributed by atoms with Crippen molar-refractivity contribution in [1.29, 1.82) is 0 Å². The van der Waals surface area contributed by atoms with Crippen LogP contribution in [0.2, 0.25) is 0 Å². The molecule has 1 aliphatic rings. The molecule has 0 N–H and O–H groups in total. The van der Waals surface area contributed by atoms with Crippen LogP contribution in [-0.2, 0) is 6.54 Å². The largest absolute Gasteiger partial charge is 0.342 e. The molecule has 2 rings (SSSR count). The van der Waals surface area contributed by atoms with Gasteiger partial charge >= 0.3 is 0 Å². The van der Waals surface area contributed by atoms with E-state index in [2.05, 4.69) is 34.3 Å². The molecule has 0 spiro atoms. The van der Waals surface area contributed by atoms with Crippen molar-refractivity contribution in [3.63, 3.8) is 0 Å². The third-order valence-electron chi connectivity index (χ3n) is 3.14. The fraction of sp³-hybridized carbons (Fsp3) is 0.615. The lowest BCUT2D eigenvalue weighted by atomic mass is 10.3. The van der Waals surface area contributed by atoms with Gasteiger partial charge in [0, 0.05) is 29.8 Å². The number of nitrogens with zero attached hydrogens (tertiary/aromatic N) is 2. The van der Waals surface area contributed by atoms with E-state index in [1.165, 1.54) is 0 Å². The Labute approximate surface area is 111 Å². The molecule has 1 fully saturated rings. The van der Waals surface area contributed by atoms with Gasteiger partial charge in [-0.05, 0) is 48.2 Å². The van der Waals surface area contributed by atoms with Gasteiger partial charge in [-0.1, -0.05) is 6.92 Å². The summed E-state index contributed by atoms with van der Waals surface area (Å²) in [4.78, 5) is 14.4. The normalized spacial score (nSPS) is 15.0. The van der Waals surface area contributed by atoms with E-state index < -0.39 is 0 Å². The van der Waals surface area contributed by atoms with Crippen LogP contribution in [0.3, 0.4) is 0 Å². The van der Waals surface area contributed by atoms with E-state index in [9.17, 15) is 4.79 Å². The molecule has 1 aromatic heterocycles. The van der Waals surface area contributed by atoms with Crippen molar-refractivity contribution < 1.29 is 4.79 Å². The number of amides is 1. The Morgan fingerprint density at radius 3 is 2.76 bits per heavy atom. The number of carbonyl (C=O) groups is 1. The first-order valence-corrected chi connectivity index (χ1v) is 7.13. The van der Waals surface area contributed by atoms with Crippen LogP contribution < -0.4 is 0 Å². The summed E-state index contributed by atoms with van der Waals surface area (Å²) in [5, 5.41) is 0. The SMILES string of the molecule is CCCn1cc(Br)cc1C(=O)N(CC)C1CC1. The second kappa shape index (κ2) is 5.25. The van der Waals surface area contributed by atoms with Gasteiger partial charge in [-0.15, -0.1) is 0 Å². The van der Waals surface area contributed by atoms with Crippen LogP contribution in [0.1, 0.15) is 43.6 Å². The van der Waals surface area contributed by atoms with Crippen molar-refractivity contribution in [2.75, 3.05) is 6.54 Å². The highest BCUT2D eigenvalue weighted by molar-refractivity contribution is 9.10. The van der Waals surface area contributed by atoms with Gasteiger partial charge in [-0.25, -0.2) is 0 Å². The van der Waals surface area contributed by atoms with E-state index in [4.69, 9.17) is 0 Å². The monoisotopic (exact) mass is 298 g/mol. The molecule has 0 unspecified atom stereocenters. The molecule has 4 heteroatoms. The van der Waals surface area contributed by atoms with Crippen LogP contribution in [-0.4, -0.2) is 28.0 Å². The molecule has 0 atom stereocenters. The molecule has 0 aliphatic heterocycles. The van der Waals surface area contributed by atoms with Crippen LogP contribution in [0.15, 0.2) is 16.7 Å². The van der Waals surface area contributed by atoms with Crippen molar-refractivity contribution in [3.8, 4) is 0 Å². The summed E-state index contributed by atoms with van der Waals surface area (Å²) < 4.78 is 3.04. The van der Waals surface area contributed by atoms with Crippen LogP contribution in [0.5, 0.6) is 0 Å². The topological polar surface area (TPSA) is 25.2 Å². The first-order valence-electron chi connectivity index (χ1n) is 6.34. The maximum atomic E-state index is 12.5. The number of carbonyl (C=O) groups excluding carboxylic acids is 1. The summed E-state index contributed by atoms with van der Waals surface area (Å²) in [6, 6.07) is 2.42. The van der Waals surface area contributed by atoms with Gasteiger partial charge in [0.2, 0.25) is 0 Å². The molecule has 0 aromatic carbocycles. The van der Waals surface area contributed by atoms with E-state index in [0.717, 1.165) is 42.5 Å². The standard InChI is InChI=1S/C13H19BrN2O/c1-3-7-15-9-10(14)8-12(15)13(17)16(4-2)11-5-6-11/h8-9,11H,3-7H2,1-2H3. The van der Waals surface area contributed by atoms with E-state index in [0.29, 0.717) is 6.04 Å². The summed E-state index contributed by atoms with van der Waals surface area (Å²) >= 11 is 3.45. The Balaban J connectivity index is 2.22. The van der Waals surface area contributed by atoms with Crippen molar-refractivity contribution in [1.82, 2.24) is 9.47 Å². The van der Waals surface area contributed by atoms with Gasteiger partial charge in [-0.2, -0.15) is 0 Å². The average molecular weight is 299 g/mol. The lowest BCUT2D eigenvalue weighted by Gasteiger charge is -2.21. The zero-order chi connectivity index (χ0) is 12.4. The molecule has 1 amide bonds. The quantitative estimate of drug-likeness (QED) is 0.819. The molecule has 0 bridgehead atoms. The molecular weight excluding hydrogens is 280 g/mol.